The lowest BCUT2D eigenvalue weighted by Crippen LogP contribution is -2.57. The second-order valence-corrected chi connectivity index (χ2v) is 5.75. The summed E-state index contributed by atoms with van der Waals surface area (Å²) in [5, 5.41) is 0. The first kappa shape index (κ1) is 11.1. The molecule has 0 spiro atoms. The number of piperidine rings is 3. The summed E-state index contributed by atoms with van der Waals surface area (Å²) in [7, 11) is 1.73. The molecule has 92 valence electrons. The van der Waals surface area contributed by atoms with Gasteiger partial charge in [0.25, 0.3) is 0 Å². The molecule has 2 heteroatoms. The van der Waals surface area contributed by atoms with Crippen molar-refractivity contribution in [1.82, 2.24) is 0 Å². The minimum absolute atomic E-state index is 0.964. The van der Waals surface area contributed by atoms with E-state index in [1.54, 1.807) is 7.11 Å². The van der Waals surface area contributed by atoms with Gasteiger partial charge in [-0.1, -0.05) is 0 Å². The van der Waals surface area contributed by atoms with Crippen LogP contribution in [0.15, 0.2) is 24.3 Å². The summed E-state index contributed by atoms with van der Waals surface area (Å²) in [5.41, 5.74) is 1.46. The molecule has 4 rings (SSSR count). The molecular weight excluding hydrogens is 210 g/mol. The number of quaternary nitrogens is 1. The molecule has 2 nitrogen and oxygen atoms in total. The van der Waals surface area contributed by atoms with Gasteiger partial charge in [-0.25, -0.2) is 0 Å². The van der Waals surface area contributed by atoms with Crippen LogP contribution in [0.3, 0.4) is 0 Å². The van der Waals surface area contributed by atoms with Gasteiger partial charge in [-0.3, -0.25) is 0 Å². The van der Waals surface area contributed by atoms with Crippen LogP contribution in [-0.2, 0) is 6.54 Å². The Morgan fingerprint density at radius 2 is 1.65 bits per heavy atom. The minimum Gasteiger partial charge on any atom is -0.497 e. The average molecular weight is 232 g/mol. The molecule has 1 aromatic carbocycles. The van der Waals surface area contributed by atoms with E-state index in [9.17, 15) is 0 Å². The molecule has 0 radical (unpaired) electrons. The number of methoxy groups -OCH3 is 1. The van der Waals surface area contributed by atoms with Gasteiger partial charge in [-0.05, 0) is 49.4 Å². The van der Waals surface area contributed by atoms with Crippen LogP contribution in [0.2, 0.25) is 0 Å². The lowest BCUT2D eigenvalue weighted by atomic mass is 9.85. The van der Waals surface area contributed by atoms with E-state index in [1.165, 1.54) is 55.5 Å². The summed E-state index contributed by atoms with van der Waals surface area (Å²) in [5.74, 6) is 2.01. The second kappa shape index (κ2) is 4.34. The van der Waals surface area contributed by atoms with Gasteiger partial charge >= 0.3 is 0 Å². The zero-order chi connectivity index (χ0) is 11.7. The van der Waals surface area contributed by atoms with Crippen LogP contribution in [0.1, 0.15) is 24.8 Å². The molecule has 0 aromatic heterocycles. The number of benzene rings is 1. The van der Waals surface area contributed by atoms with Crippen LogP contribution in [0.5, 0.6) is 5.75 Å². The first-order valence-electron chi connectivity index (χ1n) is 6.78. The zero-order valence-corrected chi connectivity index (χ0v) is 10.7. The second-order valence-electron chi connectivity index (χ2n) is 5.75. The molecule has 0 unspecified atom stereocenters. The van der Waals surface area contributed by atoms with Gasteiger partial charge in [0.15, 0.2) is 0 Å². The fraction of sp³-hybridized carbons (Fsp3) is 0.600. The molecule has 0 amide bonds. The van der Waals surface area contributed by atoms with Crippen molar-refractivity contribution < 1.29 is 9.22 Å². The highest BCUT2D eigenvalue weighted by Crippen LogP contribution is 2.35. The molecule has 0 atom stereocenters. The standard InChI is InChI=1S/C15H22NO/c1-17-15-4-2-14(3-5-15)12-16-9-6-13(7-10-16)8-11-16/h2-5,13H,6-12H2,1H3/q+1. The topological polar surface area (TPSA) is 9.23 Å². The van der Waals surface area contributed by atoms with E-state index in [0.717, 1.165) is 11.7 Å². The molecule has 0 saturated carbocycles. The fourth-order valence-electron chi connectivity index (χ4n) is 3.49. The molecular formula is C15H22NO+. The Balaban J connectivity index is 1.72. The smallest absolute Gasteiger partial charge is 0.118 e. The molecule has 1 aromatic rings. The number of fused-ring (bicyclic) bond motifs is 3. The third kappa shape index (κ3) is 2.19. The summed E-state index contributed by atoms with van der Waals surface area (Å²) < 4.78 is 6.55. The van der Waals surface area contributed by atoms with Gasteiger partial charge in [0.05, 0.1) is 26.7 Å². The zero-order valence-electron chi connectivity index (χ0n) is 10.7. The number of rotatable bonds is 3. The summed E-state index contributed by atoms with van der Waals surface area (Å²) >= 11 is 0. The van der Waals surface area contributed by atoms with Crippen LogP contribution >= 0.6 is 0 Å². The van der Waals surface area contributed by atoms with E-state index in [2.05, 4.69) is 24.3 Å². The number of ether oxygens (including phenoxy) is 1. The Labute approximate surface area is 104 Å². The molecule has 0 aliphatic carbocycles. The third-order valence-corrected chi connectivity index (χ3v) is 4.71. The Kier molecular flexibility index (Phi) is 2.83. The summed E-state index contributed by atoms with van der Waals surface area (Å²) in [6.45, 7) is 5.42. The minimum atomic E-state index is 0.964. The van der Waals surface area contributed by atoms with Crippen molar-refractivity contribution >= 4 is 0 Å². The van der Waals surface area contributed by atoms with Crippen LogP contribution in [0.4, 0.5) is 0 Å². The summed E-state index contributed by atoms with van der Waals surface area (Å²) in [6.07, 6.45) is 4.36. The first-order chi connectivity index (χ1) is 8.30. The van der Waals surface area contributed by atoms with E-state index in [0.29, 0.717) is 0 Å². The maximum atomic E-state index is 5.21. The number of hydrogen-bond donors (Lipinski definition) is 0. The predicted molar refractivity (Wildman–Crippen MR) is 68.9 cm³/mol. The lowest BCUT2D eigenvalue weighted by molar-refractivity contribution is -0.955. The van der Waals surface area contributed by atoms with E-state index in [4.69, 9.17) is 4.74 Å². The molecule has 3 heterocycles. The quantitative estimate of drug-likeness (QED) is 0.728. The van der Waals surface area contributed by atoms with Crippen molar-refractivity contribution in [2.45, 2.75) is 25.8 Å². The number of hydrogen-bond acceptors (Lipinski definition) is 1. The third-order valence-electron chi connectivity index (χ3n) is 4.71. The molecule has 0 N–H and O–H groups in total. The summed E-state index contributed by atoms with van der Waals surface area (Å²) in [4.78, 5) is 0. The van der Waals surface area contributed by atoms with E-state index >= 15 is 0 Å². The predicted octanol–water partition coefficient (Wildman–Crippen LogP) is 2.83. The molecule has 17 heavy (non-hydrogen) atoms. The Bertz CT molecular complexity index is 363. The highest BCUT2D eigenvalue weighted by molar-refractivity contribution is 5.26. The largest absolute Gasteiger partial charge is 0.497 e. The van der Waals surface area contributed by atoms with Crippen LogP contribution in [-0.4, -0.2) is 31.2 Å². The Hall–Kier alpha value is -1.02. The first-order valence-corrected chi connectivity index (χ1v) is 6.78. The van der Waals surface area contributed by atoms with E-state index in [-0.39, 0.29) is 0 Å². The highest BCUT2D eigenvalue weighted by atomic mass is 16.5. The van der Waals surface area contributed by atoms with Crippen LogP contribution < -0.4 is 4.74 Å². The van der Waals surface area contributed by atoms with Crippen molar-refractivity contribution in [3.63, 3.8) is 0 Å². The maximum absolute atomic E-state index is 5.21. The molecule has 2 bridgehead atoms. The SMILES string of the molecule is COc1ccc(C[N+]23CCC(CC2)CC3)cc1. The molecule has 3 fully saturated rings. The van der Waals surface area contributed by atoms with Crippen LogP contribution in [0.25, 0.3) is 0 Å². The Morgan fingerprint density at radius 3 is 2.18 bits per heavy atom. The average Bonchev–Trinajstić information content (AvgIpc) is 2.41. The van der Waals surface area contributed by atoms with Crippen molar-refractivity contribution in [2.75, 3.05) is 26.7 Å². The normalized spacial score (nSPS) is 31.5. The van der Waals surface area contributed by atoms with Gasteiger partial charge in [-0.2, -0.15) is 0 Å². The van der Waals surface area contributed by atoms with Crippen molar-refractivity contribution in [2.24, 2.45) is 5.92 Å². The van der Waals surface area contributed by atoms with Crippen molar-refractivity contribution in [3.8, 4) is 5.75 Å². The fourth-order valence-corrected chi connectivity index (χ4v) is 3.49. The molecule has 3 saturated heterocycles. The maximum Gasteiger partial charge on any atom is 0.118 e. The van der Waals surface area contributed by atoms with Crippen molar-refractivity contribution in [3.05, 3.63) is 29.8 Å². The van der Waals surface area contributed by atoms with Crippen LogP contribution in [0, 0.1) is 5.92 Å². The summed E-state index contributed by atoms with van der Waals surface area (Å²) in [6, 6.07) is 8.63. The van der Waals surface area contributed by atoms with Gasteiger partial charge in [0, 0.05) is 5.56 Å². The molecule has 3 aliphatic heterocycles. The van der Waals surface area contributed by atoms with E-state index in [1.807, 2.05) is 0 Å². The lowest BCUT2D eigenvalue weighted by Gasteiger charge is -2.49. The monoisotopic (exact) mass is 232 g/mol. The highest BCUT2D eigenvalue weighted by Gasteiger charge is 2.39. The van der Waals surface area contributed by atoms with Gasteiger partial charge in [-0.15, -0.1) is 0 Å². The van der Waals surface area contributed by atoms with E-state index < -0.39 is 0 Å². The Morgan fingerprint density at radius 1 is 1.06 bits per heavy atom. The van der Waals surface area contributed by atoms with Gasteiger partial charge in [0.1, 0.15) is 12.3 Å². The van der Waals surface area contributed by atoms with Crippen molar-refractivity contribution in [1.29, 1.82) is 0 Å². The number of nitrogens with zero attached hydrogens (tertiary/aromatic N) is 1. The van der Waals surface area contributed by atoms with Gasteiger partial charge in [0.2, 0.25) is 0 Å². The van der Waals surface area contributed by atoms with Gasteiger partial charge < -0.3 is 9.22 Å². The molecule has 3 aliphatic rings.